The van der Waals surface area contributed by atoms with Crippen LogP contribution in [-0.4, -0.2) is 29.8 Å². The van der Waals surface area contributed by atoms with E-state index >= 15 is 0 Å². The van der Waals surface area contributed by atoms with Crippen LogP contribution >= 0.6 is 0 Å². The van der Waals surface area contributed by atoms with Gasteiger partial charge in [0, 0.05) is 6.42 Å². The van der Waals surface area contributed by atoms with Crippen LogP contribution < -0.4 is 0 Å². The third kappa shape index (κ3) is 7.22. The molecule has 0 aromatic carbocycles. The van der Waals surface area contributed by atoms with Crippen molar-refractivity contribution < 1.29 is 32.6 Å². The normalized spacial score (nSPS) is 16.3. The number of carboxylic acid groups (broad SMARTS) is 1. The highest BCUT2D eigenvalue weighted by Crippen LogP contribution is 2.43. The molecule has 0 heterocycles. The van der Waals surface area contributed by atoms with Crippen molar-refractivity contribution in [1.82, 2.24) is 0 Å². The minimum atomic E-state index is -4.46. The maximum absolute atomic E-state index is 12.7. The fraction of sp³-hybridized carbons (Fsp3) is 0.875. The summed E-state index contributed by atoms with van der Waals surface area (Å²) in [4.78, 5) is 23.9. The predicted octanol–water partition coefficient (Wildman–Crippen LogP) is 4.28. The Kier molecular flexibility index (Phi) is 8.07. The van der Waals surface area contributed by atoms with E-state index < -0.39 is 42.3 Å². The van der Waals surface area contributed by atoms with E-state index in [1.165, 1.54) is 6.92 Å². The fourth-order valence-electron chi connectivity index (χ4n) is 2.57. The van der Waals surface area contributed by atoms with Crippen molar-refractivity contribution >= 4 is 11.9 Å². The number of hydrogen-bond donors (Lipinski definition) is 1. The van der Waals surface area contributed by atoms with Gasteiger partial charge in [0.15, 0.2) is 0 Å². The molecule has 0 radical (unpaired) electrons. The average Bonchev–Trinajstić information content (AvgIpc) is 2.38. The topological polar surface area (TPSA) is 63.6 Å². The van der Waals surface area contributed by atoms with E-state index in [9.17, 15) is 27.9 Å². The van der Waals surface area contributed by atoms with E-state index in [1.807, 2.05) is 0 Å². The number of ether oxygens (including phenoxy) is 1. The Hall–Kier alpha value is -1.27. The van der Waals surface area contributed by atoms with E-state index in [0.717, 1.165) is 0 Å². The van der Waals surface area contributed by atoms with Crippen molar-refractivity contribution in [3.05, 3.63) is 0 Å². The van der Waals surface area contributed by atoms with E-state index in [2.05, 4.69) is 0 Å². The molecule has 0 fully saturated rings. The Labute approximate surface area is 135 Å². The van der Waals surface area contributed by atoms with Gasteiger partial charge in [-0.1, -0.05) is 34.6 Å². The summed E-state index contributed by atoms with van der Waals surface area (Å²) in [5.41, 5.74) is -1.68. The third-order valence-electron chi connectivity index (χ3n) is 3.78. The lowest BCUT2D eigenvalue weighted by Gasteiger charge is -2.36. The van der Waals surface area contributed by atoms with Gasteiger partial charge >= 0.3 is 18.1 Å². The summed E-state index contributed by atoms with van der Waals surface area (Å²) in [5.74, 6) is -3.53. The SMILES string of the molecule is CC(C)COC(=O)C(CCC(F)(F)F)(CC(C)C)C(C)C(=O)O. The highest BCUT2D eigenvalue weighted by molar-refractivity contribution is 5.84. The van der Waals surface area contributed by atoms with Crippen molar-refractivity contribution in [3.8, 4) is 0 Å². The van der Waals surface area contributed by atoms with Crippen molar-refractivity contribution in [3.63, 3.8) is 0 Å². The van der Waals surface area contributed by atoms with Gasteiger partial charge in [-0.05, 0) is 24.7 Å². The van der Waals surface area contributed by atoms with E-state index in [1.54, 1.807) is 27.7 Å². The number of halogens is 3. The summed E-state index contributed by atoms with van der Waals surface area (Å²) in [6.07, 6.45) is -6.22. The second kappa shape index (κ2) is 8.55. The molecule has 4 nitrogen and oxygen atoms in total. The zero-order valence-corrected chi connectivity index (χ0v) is 14.4. The Bertz CT molecular complexity index is 405. The van der Waals surface area contributed by atoms with Crippen molar-refractivity contribution in [1.29, 1.82) is 0 Å². The monoisotopic (exact) mass is 340 g/mol. The van der Waals surface area contributed by atoms with Gasteiger partial charge in [0.25, 0.3) is 0 Å². The molecule has 2 unspecified atom stereocenters. The molecule has 0 amide bonds. The number of carbonyl (C=O) groups excluding carboxylic acids is 1. The largest absolute Gasteiger partial charge is 0.481 e. The first-order valence-corrected chi connectivity index (χ1v) is 7.78. The van der Waals surface area contributed by atoms with Gasteiger partial charge in [-0.25, -0.2) is 0 Å². The first-order chi connectivity index (χ1) is 10.3. The molecule has 0 aromatic heterocycles. The maximum atomic E-state index is 12.7. The lowest BCUT2D eigenvalue weighted by atomic mass is 9.68. The smallest absolute Gasteiger partial charge is 0.389 e. The Morgan fingerprint density at radius 3 is 1.87 bits per heavy atom. The summed E-state index contributed by atoms with van der Waals surface area (Å²) in [6, 6.07) is 0. The van der Waals surface area contributed by atoms with Gasteiger partial charge in [0.2, 0.25) is 0 Å². The molecule has 2 atom stereocenters. The first-order valence-electron chi connectivity index (χ1n) is 7.78. The van der Waals surface area contributed by atoms with Crippen molar-refractivity contribution in [2.75, 3.05) is 6.61 Å². The molecule has 0 bridgehead atoms. The van der Waals surface area contributed by atoms with E-state index in [4.69, 9.17) is 4.74 Å². The van der Waals surface area contributed by atoms with Crippen LogP contribution in [0.1, 0.15) is 53.9 Å². The van der Waals surface area contributed by atoms with Gasteiger partial charge in [-0.3, -0.25) is 9.59 Å². The summed E-state index contributed by atoms with van der Waals surface area (Å²) in [5, 5.41) is 9.30. The van der Waals surface area contributed by atoms with Gasteiger partial charge in [-0.2, -0.15) is 13.2 Å². The summed E-state index contributed by atoms with van der Waals surface area (Å²) in [7, 11) is 0. The maximum Gasteiger partial charge on any atom is 0.389 e. The van der Waals surface area contributed by atoms with Crippen LogP contribution in [0.15, 0.2) is 0 Å². The molecular weight excluding hydrogens is 313 g/mol. The quantitative estimate of drug-likeness (QED) is 0.636. The zero-order chi connectivity index (χ0) is 18.4. The Morgan fingerprint density at radius 2 is 1.52 bits per heavy atom. The van der Waals surface area contributed by atoms with E-state index in [0.29, 0.717) is 0 Å². The van der Waals surface area contributed by atoms with Crippen LogP contribution in [0, 0.1) is 23.2 Å². The number of carbonyl (C=O) groups is 2. The molecule has 136 valence electrons. The molecule has 0 spiro atoms. The average molecular weight is 340 g/mol. The Balaban J connectivity index is 5.62. The number of alkyl halides is 3. The lowest BCUT2D eigenvalue weighted by Crippen LogP contribution is -2.44. The van der Waals surface area contributed by atoms with Gasteiger partial charge in [0.1, 0.15) is 0 Å². The number of rotatable bonds is 9. The van der Waals surface area contributed by atoms with Crippen LogP contribution in [0.4, 0.5) is 13.2 Å². The second-order valence-electron chi connectivity index (χ2n) is 6.92. The fourth-order valence-corrected chi connectivity index (χ4v) is 2.57. The molecule has 7 heteroatoms. The molecule has 0 aliphatic rings. The van der Waals surface area contributed by atoms with Gasteiger partial charge < -0.3 is 9.84 Å². The molecule has 1 N–H and O–H groups in total. The standard InChI is InChI=1S/C16H27F3O4/c1-10(2)8-15(12(5)13(20)21,6-7-16(17,18)19)14(22)23-9-11(3)4/h10-12H,6-9H2,1-5H3,(H,20,21). The molecule has 0 saturated carbocycles. The first kappa shape index (κ1) is 21.7. The zero-order valence-electron chi connectivity index (χ0n) is 14.4. The minimum absolute atomic E-state index is 0.0125. The van der Waals surface area contributed by atoms with E-state index in [-0.39, 0.29) is 24.9 Å². The molecule has 0 aliphatic carbocycles. The van der Waals surface area contributed by atoms with Crippen LogP contribution in [0.25, 0.3) is 0 Å². The molecule has 0 aliphatic heterocycles. The third-order valence-corrected chi connectivity index (χ3v) is 3.78. The molecule has 23 heavy (non-hydrogen) atoms. The van der Waals surface area contributed by atoms with Gasteiger partial charge in [0.05, 0.1) is 17.9 Å². The molecule has 0 rings (SSSR count). The highest BCUT2D eigenvalue weighted by atomic mass is 19.4. The van der Waals surface area contributed by atoms with Crippen LogP contribution in [0.3, 0.4) is 0 Å². The summed E-state index contributed by atoms with van der Waals surface area (Å²) < 4.78 is 43.1. The number of aliphatic carboxylic acids is 1. The molecule has 0 aromatic rings. The number of esters is 1. The minimum Gasteiger partial charge on any atom is -0.481 e. The molecular formula is C16H27F3O4. The predicted molar refractivity (Wildman–Crippen MR) is 79.8 cm³/mol. The van der Waals surface area contributed by atoms with Crippen molar-refractivity contribution in [2.45, 2.75) is 60.1 Å². The van der Waals surface area contributed by atoms with Crippen LogP contribution in [0.5, 0.6) is 0 Å². The molecule has 0 saturated heterocycles. The highest BCUT2D eigenvalue weighted by Gasteiger charge is 2.50. The van der Waals surface area contributed by atoms with Crippen LogP contribution in [-0.2, 0) is 14.3 Å². The Morgan fingerprint density at radius 1 is 1.00 bits per heavy atom. The number of hydrogen-bond acceptors (Lipinski definition) is 3. The number of carboxylic acids is 1. The summed E-state index contributed by atoms with van der Waals surface area (Å²) in [6.45, 7) is 8.41. The lowest BCUT2D eigenvalue weighted by molar-refractivity contribution is -0.176. The second-order valence-corrected chi connectivity index (χ2v) is 6.92. The van der Waals surface area contributed by atoms with Crippen molar-refractivity contribution in [2.24, 2.45) is 23.2 Å². The van der Waals surface area contributed by atoms with Crippen LogP contribution in [0.2, 0.25) is 0 Å². The van der Waals surface area contributed by atoms with Gasteiger partial charge in [-0.15, -0.1) is 0 Å². The summed E-state index contributed by atoms with van der Waals surface area (Å²) >= 11 is 0.